The van der Waals surface area contributed by atoms with Crippen LogP contribution in [0.5, 0.6) is 5.75 Å². The van der Waals surface area contributed by atoms with E-state index in [-0.39, 0.29) is 11.9 Å². The Morgan fingerprint density at radius 2 is 2.05 bits per heavy atom. The fraction of sp³-hybridized carbons (Fsp3) is 0.588. The van der Waals surface area contributed by atoms with Crippen LogP contribution in [0.1, 0.15) is 38.2 Å². The second-order valence-corrected chi connectivity index (χ2v) is 6.28. The first-order valence-corrected chi connectivity index (χ1v) is 7.69. The zero-order valence-corrected chi connectivity index (χ0v) is 13.2. The maximum atomic E-state index is 12.3. The van der Waals surface area contributed by atoms with E-state index in [1.54, 1.807) is 7.11 Å². The van der Waals surface area contributed by atoms with Crippen LogP contribution < -0.4 is 10.5 Å². The summed E-state index contributed by atoms with van der Waals surface area (Å²) >= 11 is 0. The van der Waals surface area contributed by atoms with Gasteiger partial charge in [0, 0.05) is 19.0 Å². The molecule has 4 heteroatoms. The maximum absolute atomic E-state index is 12.3. The minimum atomic E-state index is -0.361. The van der Waals surface area contributed by atoms with Crippen molar-refractivity contribution in [3.63, 3.8) is 0 Å². The molecule has 1 saturated heterocycles. The average Bonchev–Trinajstić information content (AvgIpc) is 2.95. The summed E-state index contributed by atoms with van der Waals surface area (Å²) in [5.41, 5.74) is 7.28. The van der Waals surface area contributed by atoms with Crippen LogP contribution in [0.4, 0.5) is 0 Å². The molecule has 2 N–H and O–H groups in total. The van der Waals surface area contributed by atoms with Crippen LogP contribution in [0.3, 0.4) is 0 Å². The molecule has 0 aromatic heterocycles. The second kappa shape index (κ2) is 6.94. The molecule has 1 fully saturated rings. The third-order valence-corrected chi connectivity index (χ3v) is 4.13. The molecule has 0 saturated carbocycles. The van der Waals surface area contributed by atoms with E-state index >= 15 is 0 Å². The molecule has 1 aliphatic rings. The number of methoxy groups -OCH3 is 1. The number of rotatable bonds is 5. The molecule has 0 spiro atoms. The lowest BCUT2D eigenvalue weighted by atomic mass is 9.98. The monoisotopic (exact) mass is 290 g/mol. The first kappa shape index (κ1) is 15.8. The summed E-state index contributed by atoms with van der Waals surface area (Å²) < 4.78 is 5.18. The molecule has 0 radical (unpaired) electrons. The number of nitrogens with zero attached hydrogens (tertiary/aromatic N) is 1. The molecule has 0 aliphatic carbocycles. The van der Waals surface area contributed by atoms with E-state index in [4.69, 9.17) is 10.5 Å². The van der Waals surface area contributed by atoms with Gasteiger partial charge in [0.15, 0.2) is 0 Å². The van der Waals surface area contributed by atoms with Crippen molar-refractivity contribution in [2.24, 2.45) is 11.7 Å². The molecule has 0 bridgehead atoms. The van der Waals surface area contributed by atoms with Crippen molar-refractivity contribution in [2.75, 3.05) is 20.2 Å². The van der Waals surface area contributed by atoms with E-state index in [0.29, 0.717) is 11.8 Å². The van der Waals surface area contributed by atoms with Crippen LogP contribution in [0.25, 0.3) is 0 Å². The van der Waals surface area contributed by atoms with Gasteiger partial charge in [-0.15, -0.1) is 0 Å². The van der Waals surface area contributed by atoms with Crippen molar-refractivity contribution < 1.29 is 9.53 Å². The zero-order chi connectivity index (χ0) is 15.4. The highest BCUT2D eigenvalue weighted by atomic mass is 16.5. The molecule has 1 aliphatic heterocycles. The zero-order valence-electron chi connectivity index (χ0n) is 13.2. The molecule has 0 unspecified atom stereocenters. The van der Waals surface area contributed by atoms with E-state index in [0.717, 1.165) is 31.7 Å². The summed E-state index contributed by atoms with van der Waals surface area (Å²) in [6.45, 7) is 5.77. The van der Waals surface area contributed by atoms with Crippen LogP contribution >= 0.6 is 0 Å². The summed E-state index contributed by atoms with van der Waals surface area (Å²) in [5, 5.41) is 0. The van der Waals surface area contributed by atoms with E-state index < -0.39 is 0 Å². The molecule has 4 nitrogen and oxygen atoms in total. The molecular weight excluding hydrogens is 264 g/mol. The molecular formula is C17H26N2O2. The van der Waals surface area contributed by atoms with Gasteiger partial charge in [-0.1, -0.05) is 26.0 Å². The number of carbonyl (C=O) groups is 1. The predicted molar refractivity (Wildman–Crippen MR) is 84.4 cm³/mol. The number of hydrogen-bond acceptors (Lipinski definition) is 3. The summed E-state index contributed by atoms with van der Waals surface area (Å²) in [6.07, 6.45) is 1.76. The normalized spacial score (nSPS) is 19.9. The molecule has 116 valence electrons. The molecule has 1 aromatic carbocycles. The van der Waals surface area contributed by atoms with Gasteiger partial charge in [0.25, 0.3) is 0 Å². The van der Waals surface area contributed by atoms with Crippen molar-refractivity contribution in [3.8, 4) is 5.75 Å². The number of carbonyl (C=O) groups excluding carboxylic acids is 1. The fourth-order valence-corrected chi connectivity index (χ4v) is 2.95. The van der Waals surface area contributed by atoms with Gasteiger partial charge in [-0.25, -0.2) is 0 Å². The molecule has 1 heterocycles. The average molecular weight is 290 g/mol. The number of amides is 1. The predicted octanol–water partition coefficient (Wildman–Crippen LogP) is 2.38. The van der Waals surface area contributed by atoms with Crippen LogP contribution in [-0.2, 0) is 4.79 Å². The van der Waals surface area contributed by atoms with E-state index in [9.17, 15) is 4.79 Å². The van der Waals surface area contributed by atoms with Gasteiger partial charge in [-0.3, -0.25) is 4.79 Å². The largest absolute Gasteiger partial charge is 0.497 e. The van der Waals surface area contributed by atoms with Gasteiger partial charge in [0.05, 0.1) is 13.2 Å². The quantitative estimate of drug-likeness (QED) is 0.906. The summed E-state index contributed by atoms with van der Waals surface area (Å²) in [4.78, 5) is 14.3. The van der Waals surface area contributed by atoms with Crippen molar-refractivity contribution in [1.82, 2.24) is 4.90 Å². The Morgan fingerprint density at radius 1 is 1.38 bits per heavy atom. The maximum Gasteiger partial charge on any atom is 0.239 e. The number of ether oxygens (including phenoxy) is 1. The minimum Gasteiger partial charge on any atom is -0.497 e. The first-order chi connectivity index (χ1) is 10.0. The Bertz CT molecular complexity index is 470. The molecule has 2 rings (SSSR count). The van der Waals surface area contributed by atoms with Gasteiger partial charge >= 0.3 is 0 Å². The molecule has 1 aromatic rings. The Kier molecular flexibility index (Phi) is 5.23. The summed E-state index contributed by atoms with van der Waals surface area (Å²) in [7, 11) is 1.67. The summed E-state index contributed by atoms with van der Waals surface area (Å²) in [6, 6.07) is 7.77. The second-order valence-electron chi connectivity index (χ2n) is 6.28. The highest BCUT2D eigenvalue weighted by Gasteiger charge is 2.30. The number of likely N-dealkylation sites (tertiary alicyclic amines) is 1. The SMILES string of the molecule is COc1ccc([C@H]2CCN(C(=O)[C@@H](N)CC(C)C)C2)cc1. The molecule has 1 amide bonds. The molecule has 21 heavy (non-hydrogen) atoms. The lowest BCUT2D eigenvalue weighted by molar-refractivity contribution is -0.131. The van der Waals surface area contributed by atoms with E-state index in [2.05, 4.69) is 26.0 Å². The van der Waals surface area contributed by atoms with Crippen LogP contribution in [0.2, 0.25) is 0 Å². The topological polar surface area (TPSA) is 55.6 Å². The van der Waals surface area contributed by atoms with Gasteiger partial charge in [0.2, 0.25) is 5.91 Å². The van der Waals surface area contributed by atoms with E-state index in [1.165, 1.54) is 5.56 Å². The van der Waals surface area contributed by atoms with Gasteiger partial charge in [0.1, 0.15) is 5.75 Å². The third-order valence-electron chi connectivity index (χ3n) is 4.13. The lowest BCUT2D eigenvalue weighted by Crippen LogP contribution is -2.43. The van der Waals surface area contributed by atoms with E-state index in [1.807, 2.05) is 17.0 Å². The van der Waals surface area contributed by atoms with Gasteiger partial charge in [-0.05, 0) is 36.5 Å². The van der Waals surface area contributed by atoms with Crippen molar-refractivity contribution in [1.29, 1.82) is 0 Å². The van der Waals surface area contributed by atoms with Gasteiger partial charge < -0.3 is 15.4 Å². The standard InChI is InChI=1S/C17H26N2O2/c1-12(2)10-16(18)17(20)19-9-8-14(11-19)13-4-6-15(21-3)7-5-13/h4-7,12,14,16H,8-11,18H2,1-3H3/t14-,16-/m0/s1. The van der Waals surface area contributed by atoms with Crippen molar-refractivity contribution >= 4 is 5.91 Å². The van der Waals surface area contributed by atoms with Crippen molar-refractivity contribution in [3.05, 3.63) is 29.8 Å². The highest BCUT2D eigenvalue weighted by Crippen LogP contribution is 2.29. The van der Waals surface area contributed by atoms with Crippen molar-refractivity contribution in [2.45, 2.75) is 38.6 Å². The molecule has 2 atom stereocenters. The Hall–Kier alpha value is -1.55. The van der Waals surface area contributed by atoms with Crippen LogP contribution in [-0.4, -0.2) is 37.0 Å². The Labute approximate surface area is 127 Å². The Morgan fingerprint density at radius 3 is 2.62 bits per heavy atom. The fourth-order valence-electron chi connectivity index (χ4n) is 2.95. The Balaban J connectivity index is 1.94. The minimum absolute atomic E-state index is 0.0970. The number of benzene rings is 1. The lowest BCUT2D eigenvalue weighted by Gasteiger charge is -2.22. The van der Waals surface area contributed by atoms with Crippen LogP contribution in [0, 0.1) is 5.92 Å². The first-order valence-electron chi connectivity index (χ1n) is 7.69. The smallest absolute Gasteiger partial charge is 0.239 e. The number of nitrogens with two attached hydrogens (primary N) is 1. The van der Waals surface area contributed by atoms with Crippen LogP contribution in [0.15, 0.2) is 24.3 Å². The third kappa shape index (κ3) is 3.97. The summed E-state index contributed by atoms with van der Waals surface area (Å²) in [5.74, 6) is 1.82. The highest BCUT2D eigenvalue weighted by molar-refractivity contribution is 5.82. The van der Waals surface area contributed by atoms with Gasteiger partial charge in [-0.2, -0.15) is 0 Å². The number of hydrogen-bond donors (Lipinski definition) is 1.